The van der Waals surface area contributed by atoms with Crippen molar-refractivity contribution >= 4 is 81.2 Å². The molecule has 0 radical (unpaired) electrons. The van der Waals surface area contributed by atoms with E-state index in [9.17, 15) is 39.6 Å². The summed E-state index contributed by atoms with van der Waals surface area (Å²) in [6.45, 7) is 4.17. The summed E-state index contributed by atoms with van der Waals surface area (Å²) < 4.78 is 3.80. The average molecular weight is 857 g/mol. The fraction of sp³-hybridized carbons (Fsp3) is 0.364. The third-order valence-corrected chi connectivity index (χ3v) is 13.0. The van der Waals surface area contributed by atoms with Gasteiger partial charge in [0.1, 0.15) is 12.1 Å². The highest BCUT2D eigenvalue weighted by Gasteiger charge is 2.37. The molecule has 0 saturated carbocycles. The van der Waals surface area contributed by atoms with Crippen LogP contribution in [0.15, 0.2) is 90.8 Å². The van der Waals surface area contributed by atoms with E-state index in [1.54, 1.807) is 31.4 Å². The second-order valence-corrected chi connectivity index (χ2v) is 17.7. The zero-order valence-electron chi connectivity index (χ0n) is 33.4. The number of β-amino-alcohol motifs (C(OH)–C–C–N with tert-alkyl or cyclic N) is 2. The quantitative estimate of drug-likeness (QED) is 0.0590. The number of rotatable bonds is 19. The second kappa shape index (κ2) is 21.2. The minimum Gasteiger partial charge on any atom is -0.480 e. The Morgan fingerprint density at radius 2 is 1.13 bits per heavy atom. The summed E-state index contributed by atoms with van der Waals surface area (Å²) in [6.07, 6.45) is 14.7. The van der Waals surface area contributed by atoms with Gasteiger partial charge in [-0.3, -0.25) is 9.59 Å². The van der Waals surface area contributed by atoms with E-state index in [1.807, 2.05) is 119 Å². The molecule has 5 unspecified atom stereocenters. The van der Waals surface area contributed by atoms with Crippen LogP contribution in [0.5, 0.6) is 0 Å². The summed E-state index contributed by atoms with van der Waals surface area (Å²) in [5.41, 5.74) is 5.48. The number of allylic oxidation sites excluding steroid dienone is 1. The predicted octanol–water partition coefficient (Wildman–Crippen LogP) is 2.93. The van der Waals surface area contributed by atoms with Gasteiger partial charge in [0.25, 0.3) is 11.8 Å². The number of carboxylic acids is 2. The Balaban J connectivity index is 0.803. The highest BCUT2D eigenvalue weighted by molar-refractivity contribution is 8.76. The number of pyridine rings is 1. The van der Waals surface area contributed by atoms with E-state index in [0.717, 1.165) is 45.1 Å². The Bertz CT molecular complexity index is 2110. The molecule has 2 amide bonds. The molecule has 14 nitrogen and oxygen atoms in total. The van der Waals surface area contributed by atoms with E-state index in [4.69, 9.17) is 0 Å². The van der Waals surface area contributed by atoms with Crippen LogP contribution in [-0.4, -0.2) is 130 Å². The smallest absolute Gasteiger partial charge is 0.326 e. The summed E-state index contributed by atoms with van der Waals surface area (Å²) in [7, 11) is 3.29. The number of nitrogens with one attached hydrogen (secondary N) is 2. The van der Waals surface area contributed by atoms with Gasteiger partial charge in [0.05, 0.1) is 12.2 Å². The van der Waals surface area contributed by atoms with Crippen LogP contribution in [0.4, 0.5) is 11.4 Å². The van der Waals surface area contributed by atoms with Crippen molar-refractivity contribution in [3.63, 3.8) is 0 Å². The zero-order chi connectivity index (χ0) is 42.6. The number of carbonyl (C=O) groups excluding carboxylic acids is 2. The van der Waals surface area contributed by atoms with Crippen molar-refractivity contribution in [3.8, 4) is 0 Å². The van der Waals surface area contributed by atoms with Gasteiger partial charge in [0.15, 0.2) is 24.7 Å². The van der Waals surface area contributed by atoms with Crippen LogP contribution in [0, 0.1) is 0 Å². The molecule has 0 bridgehead atoms. The Labute approximate surface area is 357 Å². The summed E-state index contributed by atoms with van der Waals surface area (Å²) in [4.78, 5) is 51.7. The fourth-order valence-corrected chi connectivity index (χ4v) is 9.16. The third-order valence-electron chi connectivity index (χ3n) is 10.6. The summed E-state index contributed by atoms with van der Waals surface area (Å²) in [5, 5.41) is 44.8. The van der Waals surface area contributed by atoms with Crippen LogP contribution < -0.4 is 25.0 Å². The van der Waals surface area contributed by atoms with Crippen molar-refractivity contribution in [2.75, 3.05) is 54.0 Å². The van der Waals surface area contributed by atoms with Crippen LogP contribution >= 0.6 is 21.6 Å². The lowest BCUT2D eigenvalue weighted by molar-refractivity contribution is -0.684. The number of amides is 2. The number of carbonyl (C=O) groups is 4. The summed E-state index contributed by atoms with van der Waals surface area (Å²) in [5.74, 6) is -0.535. The first kappa shape index (κ1) is 44.1. The number of aliphatic hydroxyl groups excluding tert-OH is 2. The van der Waals surface area contributed by atoms with Gasteiger partial charge in [-0.25, -0.2) is 14.2 Å². The summed E-state index contributed by atoms with van der Waals surface area (Å²) >= 11 is 0. The van der Waals surface area contributed by atoms with Gasteiger partial charge in [-0.2, -0.15) is 4.57 Å². The molecule has 316 valence electrons. The molecular formula is C44H52N6O8S2+2. The lowest BCUT2D eigenvalue weighted by Gasteiger charge is -2.23. The minimum atomic E-state index is -0.939. The predicted molar refractivity (Wildman–Crippen MR) is 236 cm³/mol. The number of carboxylic acid groups (broad SMARTS) is 2. The summed E-state index contributed by atoms with van der Waals surface area (Å²) in [6, 6.07) is 17.6. The SMILES string of the molecule is CC1C(/C=C/c2ccc(N3CC(O)CC3C(=O)O)cc2)=CC=[N+]1CC(=O)NCCSSCCNC(=O)C[n+]1ccc(/C=C/c2ccc(N3CC(O)CC3C(=O)O)cc2)cc1. The van der Waals surface area contributed by atoms with E-state index in [1.165, 1.54) is 0 Å². The number of aliphatic hydroxyl groups is 2. The largest absolute Gasteiger partial charge is 0.480 e. The van der Waals surface area contributed by atoms with Crippen molar-refractivity contribution in [2.45, 2.75) is 56.6 Å². The average Bonchev–Trinajstić information content (AvgIpc) is 3.94. The first-order valence-electron chi connectivity index (χ1n) is 19.9. The number of hydrogen-bond donors (Lipinski definition) is 6. The molecule has 1 aromatic heterocycles. The lowest BCUT2D eigenvalue weighted by Crippen LogP contribution is -2.42. The van der Waals surface area contributed by atoms with Crippen molar-refractivity contribution < 1.29 is 48.7 Å². The molecule has 2 aromatic carbocycles. The topological polar surface area (TPSA) is 187 Å². The maximum Gasteiger partial charge on any atom is 0.326 e. The van der Waals surface area contributed by atoms with E-state index in [2.05, 4.69) is 17.6 Å². The zero-order valence-corrected chi connectivity index (χ0v) is 35.0. The number of nitrogens with zero attached hydrogens (tertiary/aromatic N) is 4. The number of aromatic nitrogens is 1. The molecular weight excluding hydrogens is 805 g/mol. The molecule has 6 rings (SSSR count). The van der Waals surface area contributed by atoms with Crippen LogP contribution in [0.25, 0.3) is 18.2 Å². The molecule has 2 fully saturated rings. The van der Waals surface area contributed by atoms with Crippen molar-refractivity contribution in [1.29, 1.82) is 0 Å². The maximum atomic E-state index is 12.6. The van der Waals surface area contributed by atoms with Crippen LogP contribution in [0.3, 0.4) is 0 Å². The Morgan fingerprint density at radius 1 is 0.683 bits per heavy atom. The van der Waals surface area contributed by atoms with Gasteiger partial charge in [0.2, 0.25) is 13.1 Å². The van der Waals surface area contributed by atoms with E-state index < -0.39 is 36.2 Å². The van der Waals surface area contributed by atoms with E-state index in [0.29, 0.717) is 26.2 Å². The molecule has 6 N–H and O–H groups in total. The monoisotopic (exact) mass is 856 g/mol. The van der Waals surface area contributed by atoms with Crippen molar-refractivity contribution in [3.05, 3.63) is 107 Å². The van der Waals surface area contributed by atoms with E-state index >= 15 is 0 Å². The number of aliphatic carboxylic acids is 2. The van der Waals surface area contributed by atoms with Crippen LogP contribution in [0.1, 0.15) is 36.5 Å². The Hall–Kier alpha value is -5.42. The molecule has 0 aliphatic carbocycles. The van der Waals surface area contributed by atoms with Gasteiger partial charge in [-0.1, -0.05) is 70.2 Å². The Morgan fingerprint density at radius 3 is 1.62 bits per heavy atom. The highest BCUT2D eigenvalue weighted by atomic mass is 33.1. The molecule has 60 heavy (non-hydrogen) atoms. The van der Waals surface area contributed by atoms with Gasteiger partial charge in [-0.05, 0) is 41.0 Å². The number of benzene rings is 2. The molecule has 16 heteroatoms. The minimum absolute atomic E-state index is 0.0291. The molecule has 3 aliphatic heterocycles. The molecule has 2 saturated heterocycles. The molecule has 0 spiro atoms. The molecule has 3 aliphatic rings. The number of anilines is 2. The van der Waals surface area contributed by atoms with Crippen molar-refractivity contribution in [2.24, 2.45) is 0 Å². The first-order valence-corrected chi connectivity index (χ1v) is 22.4. The third kappa shape index (κ3) is 12.3. The highest BCUT2D eigenvalue weighted by Crippen LogP contribution is 2.28. The van der Waals surface area contributed by atoms with Gasteiger partial charge in [-0.15, -0.1) is 0 Å². The van der Waals surface area contributed by atoms with Crippen LogP contribution in [-0.2, 0) is 25.7 Å². The van der Waals surface area contributed by atoms with Gasteiger partial charge >= 0.3 is 11.9 Å². The molecule has 3 aromatic rings. The van der Waals surface area contributed by atoms with Gasteiger partial charge in [0, 0.05) is 92.6 Å². The normalized spacial score (nSPS) is 21.4. The standard InChI is InChI=1S/C44H50N6O8S2/c1-30-34(9-4-32-7-12-36(13-8-32)50-27-38(52)25-40(50)44(57)58)16-21-48(30)29-42(54)46-18-23-60-59-22-17-45-41(53)28-47-19-14-33(15-20-47)3-2-31-5-10-35(11-6-31)49-26-37(51)24-39(49)43(55)56/h2-16,19-21,30,37-40,51-52H,17-18,22-29H2,1H3,(H2-2,45,46,53,54,55,56,57,58)/p+2. The first-order chi connectivity index (χ1) is 28.9. The molecule has 5 atom stereocenters. The second-order valence-electron chi connectivity index (χ2n) is 15.0. The van der Waals surface area contributed by atoms with Crippen molar-refractivity contribution in [1.82, 2.24) is 10.6 Å². The fourth-order valence-electron chi connectivity index (χ4n) is 7.34. The molecule has 4 heterocycles. The number of hydrogen-bond acceptors (Lipinski definition) is 10. The van der Waals surface area contributed by atoms with Crippen LogP contribution in [0.2, 0.25) is 0 Å². The van der Waals surface area contributed by atoms with E-state index in [-0.39, 0.29) is 43.8 Å². The van der Waals surface area contributed by atoms with Gasteiger partial charge < -0.3 is 40.9 Å². The Kier molecular flexibility index (Phi) is 15.6. The lowest BCUT2D eigenvalue weighted by atomic mass is 10.1. The maximum absolute atomic E-state index is 12.6.